The number of hydrogen-bond acceptors (Lipinski definition) is 2. The molecule has 1 rings (SSSR count). The van der Waals surface area contributed by atoms with E-state index in [0.717, 1.165) is 0 Å². The van der Waals surface area contributed by atoms with Crippen molar-refractivity contribution in [3.63, 3.8) is 0 Å². The van der Waals surface area contributed by atoms with Gasteiger partial charge in [-0.2, -0.15) is 0 Å². The van der Waals surface area contributed by atoms with Gasteiger partial charge >= 0.3 is 0 Å². The minimum Gasteiger partial charge on any atom is -0.212 e. The Labute approximate surface area is 87.1 Å². The van der Waals surface area contributed by atoms with Crippen LogP contribution in [0.1, 0.15) is 11.1 Å². The minimum absolute atomic E-state index is 0.170. The molecule has 0 aliphatic carbocycles. The van der Waals surface area contributed by atoms with Gasteiger partial charge in [0.25, 0.3) is 0 Å². The summed E-state index contributed by atoms with van der Waals surface area (Å²) in [7, 11) is 1.54. The van der Waals surface area contributed by atoms with E-state index in [1.807, 2.05) is 0 Å². The second-order valence-corrected chi connectivity index (χ2v) is 5.97. The van der Waals surface area contributed by atoms with Gasteiger partial charge in [-0.15, -0.1) is 0 Å². The average molecular weight is 237 g/mol. The third-order valence-corrected chi connectivity index (χ3v) is 3.03. The first-order valence-corrected chi connectivity index (χ1v) is 6.54. The Kier molecular flexibility index (Phi) is 3.50. The number of hydrogen-bond donors (Lipinski definition) is 0. The molecule has 0 spiro atoms. The van der Waals surface area contributed by atoms with Crippen LogP contribution in [0.15, 0.2) is 18.2 Å². The lowest BCUT2D eigenvalue weighted by atomic mass is 10.1. The Bertz CT molecular complexity index is 428. The zero-order valence-corrected chi connectivity index (χ0v) is 9.20. The van der Waals surface area contributed by atoms with Crippen LogP contribution in [0.25, 0.3) is 0 Å². The van der Waals surface area contributed by atoms with Crippen molar-refractivity contribution in [2.24, 2.45) is 0 Å². The zero-order valence-electron chi connectivity index (χ0n) is 7.63. The van der Waals surface area contributed by atoms with E-state index in [4.69, 9.17) is 10.7 Å². The smallest absolute Gasteiger partial charge is 0.212 e. The summed E-state index contributed by atoms with van der Waals surface area (Å²) >= 11 is 0. The number of benzene rings is 1. The molecule has 14 heavy (non-hydrogen) atoms. The summed E-state index contributed by atoms with van der Waals surface area (Å²) in [5.41, 5.74) is 1.18. The van der Waals surface area contributed by atoms with Gasteiger partial charge in [-0.25, -0.2) is 12.8 Å². The molecule has 2 nitrogen and oxygen atoms in total. The Hall–Kier alpha value is -0.610. The van der Waals surface area contributed by atoms with Crippen LogP contribution in [0.4, 0.5) is 4.39 Å². The predicted molar refractivity (Wildman–Crippen MR) is 54.5 cm³/mol. The molecule has 0 radical (unpaired) electrons. The molecule has 0 aromatic heterocycles. The van der Waals surface area contributed by atoms with Crippen LogP contribution in [0.3, 0.4) is 0 Å². The Morgan fingerprint density at radius 2 is 2.07 bits per heavy atom. The molecule has 78 valence electrons. The molecule has 1 aromatic rings. The van der Waals surface area contributed by atoms with Gasteiger partial charge in [0.1, 0.15) is 5.82 Å². The van der Waals surface area contributed by atoms with Crippen molar-refractivity contribution in [2.75, 3.05) is 5.75 Å². The van der Waals surface area contributed by atoms with Crippen molar-refractivity contribution >= 4 is 19.7 Å². The minimum atomic E-state index is -3.50. The molecule has 0 aliphatic rings. The first-order valence-electron chi connectivity index (χ1n) is 4.06. The van der Waals surface area contributed by atoms with Crippen molar-refractivity contribution < 1.29 is 12.8 Å². The highest BCUT2D eigenvalue weighted by molar-refractivity contribution is 8.13. The van der Waals surface area contributed by atoms with Crippen LogP contribution in [-0.4, -0.2) is 14.2 Å². The van der Waals surface area contributed by atoms with Gasteiger partial charge in [0.15, 0.2) is 0 Å². The SMILES string of the molecule is Cc1ccc(CCS(=O)(=O)Cl)cc1F. The molecule has 0 amide bonds. The van der Waals surface area contributed by atoms with Crippen LogP contribution >= 0.6 is 10.7 Å². The molecular weight excluding hydrogens is 227 g/mol. The first kappa shape index (κ1) is 11.5. The summed E-state index contributed by atoms with van der Waals surface area (Å²) in [4.78, 5) is 0. The summed E-state index contributed by atoms with van der Waals surface area (Å²) in [6.07, 6.45) is 0.239. The molecule has 0 heterocycles. The summed E-state index contributed by atoms with van der Waals surface area (Å²) in [5, 5.41) is 0. The molecule has 1 aromatic carbocycles. The Morgan fingerprint density at radius 3 is 2.57 bits per heavy atom. The maximum Gasteiger partial charge on any atom is 0.232 e. The molecule has 0 bridgehead atoms. The molecule has 0 fully saturated rings. The Balaban J connectivity index is 2.74. The third-order valence-electron chi connectivity index (χ3n) is 1.87. The summed E-state index contributed by atoms with van der Waals surface area (Å²) in [6, 6.07) is 4.64. The van der Waals surface area contributed by atoms with Gasteiger partial charge in [0.2, 0.25) is 9.05 Å². The molecule has 0 atom stereocenters. The van der Waals surface area contributed by atoms with Gasteiger partial charge in [0, 0.05) is 10.7 Å². The van der Waals surface area contributed by atoms with Gasteiger partial charge in [-0.3, -0.25) is 0 Å². The standard InChI is InChI=1S/C9H10ClFO2S/c1-7-2-3-8(6-9(7)11)4-5-14(10,12)13/h2-3,6H,4-5H2,1H3. The highest BCUT2D eigenvalue weighted by Gasteiger charge is 2.06. The van der Waals surface area contributed by atoms with Gasteiger partial charge in [0.05, 0.1) is 5.75 Å². The van der Waals surface area contributed by atoms with Crippen LogP contribution in [0.2, 0.25) is 0 Å². The van der Waals surface area contributed by atoms with Crippen LogP contribution in [0, 0.1) is 12.7 Å². The topological polar surface area (TPSA) is 34.1 Å². The lowest BCUT2D eigenvalue weighted by Gasteiger charge is -2.01. The monoisotopic (exact) mass is 236 g/mol. The lowest BCUT2D eigenvalue weighted by molar-refractivity contribution is 0.607. The highest BCUT2D eigenvalue weighted by atomic mass is 35.7. The van der Waals surface area contributed by atoms with Gasteiger partial charge in [-0.05, 0) is 30.5 Å². The molecule has 0 aliphatic heterocycles. The molecule has 0 saturated carbocycles. The summed E-state index contributed by atoms with van der Waals surface area (Å²) in [5.74, 6) is -0.494. The number of rotatable bonds is 3. The fourth-order valence-corrected chi connectivity index (χ4v) is 1.74. The first-order chi connectivity index (χ1) is 6.38. The molecule has 0 unspecified atom stereocenters. The van der Waals surface area contributed by atoms with Crippen molar-refractivity contribution in [2.45, 2.75) is 13.3 Å². The average Bonchev–Trinajstić information content (AvgIpc) is 2.06. The van der Waals surface area contributed by atoms with E-state index >= 15 is 0 Å². The van der Waals surface area contributed by atoms with E-state index in [-0.39, 0.29) is 18.0 Å². The van der Waals surface area contributed by atoms with Crippen molar-refractivity contribution in [3.05, 3.63) is 35.1 Å². The zero-order chi connectivity index (χ0) is 10.8. The predicted octanol–water partition coefficient (Wildman–Crippen LogP) is 2.25. The summed E-state index contributed by atoms with van der Waals surface area (Å²) < 4.78 is 34.3. The fraction of sp³-hybridized carbons (Fsp3) is 0.333. The third kappa shape index (κ3) is 3.64. The number of halogens is 2. The van der Waals surface area contributed by atoms with Crippen LogP contribution in [0.5, 0.6) is 0 Å². The maximum absolute atomic E-state index is 13.0. The quantitative estimate of drug-likeness (QED) is 0.755. The van der Waals surface area contributed by atoms with Crippen molar-refractivity contribution in [3.8, 4) is 0 Å². The fourth-order valence-electron chi connectivity index (χ4n) is 1.03. The summed E-state index contributed by atoms with van der Waals surface area (Å²) in [6.45, 7) is 1.65. The van der Waals surface area contributed by atoms with E-state index < -0.39 is 9.05 Å². The van der Waals surface area contributed by atoms with Crippen molar-refractivity contribution in [1.82, 2.24) is 0 Å². The normalized spacial score (nSPS) is 11.6. The second-order valence-electron chi connectivity index (χ2n) is 3.08. The van der Waals surface area contributed by atoms with Gasteiger partial charge < -0.3 is 0 Å². The van der Waals surface area contributed by atoms with E-state index in [2.05, 4.69) is 0 Å². The van der Waals surface area contributed by atoms with E-state index in [0.29, 0.717) is 11.1 Å². The molecule has 0 saturated heterocycles. The largest absolute Gasteiger partial charge is 0.232 e. The second kappa shape index (κ2) is 4.28. The van der Waals surface area contributed by atoms with Crippen molar-refractivity contribution in [1.29, 1.82) is 0 Å². The Morgan fingerprint density at radius 1 is 1.43 bits per heavy atom. The molecule has 0 N–H and O–H groups in total. The maximum atomic E-state index is 13.0. The van der Waals surface area contributed by atoms with E-state index in [1.54, 1.807) is 19.1 Å². The van der Waals surface area contributed by atoms with E-state index in [9.17, 15) is 12.8 Å². The van der Waals surface area contributed by atoms with Crippen LogP contribution in [-0.2, 0) is 15.5 Å². The number of aryl methyl sites for hydroxylation is 2. The van der Waals surface area contributed by atoms with E-state index in [1.165, 1.54) is 6.07 Å². The molecule has 5 heteroatoms. The highest BCUT2D eigenvalue weighted by Crippen LogP contribution is 2.11. The van der Waals surface area contributed by atoms with Gasteiger partial charge in [-0.1, -0.05) is 12.1 Å². The molecular formula is C9H10ClFO2S. The lowest BCUT2D eigenvalue weighted by Crippen LogP contribution is -2.01. The van der Waals surface area contributed by atoms with Crippen LogP contribution < -0.4 is 0 Å².